The molecule has 1 amide bonds. The van der Waals surface area contributed by atoms with E-state index in [4.69, 9.17) is 5.73 Å². The average molecular weight is 351 g/mol. The van der Waals surface area contributed by atoms with Crippen molar-refractivity contribution in [1.82, 2.24) is 15.1 Å². The lowest BCUT2D eigenvalue weighted by atomic mass is 9.81. The fourth-order valence-corrected chi connectivity index (χ4v) is 2.72. The van der Waals surface area contributed by atoms with E-state index in [-0.39, 0.29) is 24.4 Å². The second kappa shape index (κ2) is 8.85. The molecule has 2 rings (SSSR count). The molecule has 1 aromatic carbocycles. The average Bonchev–Trinajstić information content (AvgIpc) is 3.11. The molecule has 1 aromatic heterocycles. The van der Waals surface area contributed by atoms with Gasteiger partial charge in [0.05, 0.1) is 17.1 Å². The molecule has 0 aliphatic heterocycles. The van der Waals surface area contributed by atoms with Crippen molar-refractivity contribution in [2.45, 2.75) is 39.7 Å². The summed E-state index contributed by atoms with van der Waals surface area (Å²) in [6.07, 6.45) is 5.14. The number of halogens is 1. The molecule has 132 valence electrons. The highest BCUT2D eigenvalue weighted by Gasteiger charge is 2.33. The van der Waals surface area contributed by atoms with Gasteiger partial charge in [0, 0.05) is 18.9 Å². The fourth-order valence-electron chi connectivity index (χ4n) is 2.72. The molecule has 1 unspecified atom stereocenters. The number of hydrogen-bond acceptors (Lipinski definition) is 3. The van der Waals surface area contributed by atoms with Crippen LogP contribution in [0.25, 0.3) is 5.69 Å². The van der Waals surface area contributed by atoms with Gasteiger partial charge in [-0.2, -0.15) is 5.10 Å². The van der Waals surface area contributed by atoms with Crippen molar-refractivity contribution in [1.29, 1.82) is 0 Å². The molecule has 0 bridgehead atoms. The molecule has 3 N–H and O–H groups in total. The maximum Gasteiger partial charge on any atom is 0.227 e. The van der Waals surface area contributed by atoms with E-state index in [1.165, 1.54) is 0 Å². The summed E-state index contributed by atoms with van der Waals surface area (Å²) in [7, 11) is 0. The Morgan fingerprint density at radius 3 is 2.38 bits per heavy atom. The largest absolute Gasteiger partial charge is 0.349 e. The third kappa shape index (κ3) is 4.16. The summed E-state index contributed by atoms with van der Waals surface area (Å²) in [5, 5.41) is 7.31. The molecule has 0 saturated heterocycles. The quantitative estimate of drug-likeness (QED) is 0.805. The Morgan fingerprint density at radius 2 is 1.92 bits per heavy atom. The SMILES string of the molecule is CCC(CC)(CN)C(=O)NC(C)c1ccc(-n2cccn2)cc1.Cl. The molecule has 0 aliphatic rings. The van der Waals surface area contributed by atoms with Gasteiger partial charge in [0.2, 0.25) is 5.91 Å². The number of nitrogens with zero attached hydrogens (tertiary/aromatic N) is 2. The van der Waals surface area contributed by atoms with Crippen molar-refractivity contribution < 1.29 is 4.79 Å². The summed E-state index contributed by atoms with van der Waals surface area (Å²) in [6.45, 7) is 6.39. The molecule has 6 heteroatoms. The number of benzene rings is 1. The molecule has 2 aromatic rings. The highest BCUT2D eigenvalue weighted by atomic mass is 35.5. The molecule has 0 radical (unpaired) electrons. The summed E-state index contributed by atoms with van der Waals surface area (Å²) in [5.74, 6) is 0.0358. The van der Waals surface area contributed by atoms with Gasteiger partial charge >= 0.3 is 0 Å². The van der Waals surface area contributed by atoms with Crippen molar-refractivity contribution in [2.75, 3.05) is 6.54 Å². The Bertz CT molecular complexity index is 613. The predicted octanol–water partition coefficient (Wildman–Crippen LogP) is 3.24. The number of aromatic nitrogens is 2. The summed E-state index contributed by atoms with van der Waals surface area (Å²) < 4.78 is 1.81. The van der Waals surface area contributed by atoms with E-state index in [1.54, 1.807) is 10.9 Å². The van der Waals surface area contributed by atoms with Crippen molar-refractivity contribution in [3.8, 4) is 5.69 Å². The van der Waals surface area contributed by atoms with Crippen LogP contribution in [0.4, 0.5) is 0 Å². The topological polar surface area (TPSA) is 72.9 Å². The number of hydrogen-bond donors (Lipinski definition) is 2. The van der Waals surface area contributed by atoms with E-state index in [9.17, 15) is 4.79 Å². The van der Waals surface area contributed by atoms with Gasteiger partial charge in [-0.15, -0.1) is 12.4 Å². The van der Waals surface area contributed by atoms with E-state index in [0.717, 1.165) is 24.1 Å². The van der Waals surface area contributed by atoms with E-state index in [0.29, 0.717) is 6.54 Å². The zero-order chi connectivity index (χ0) is 16.9. The summed E-state index contributed by atoms with van der Waals surface area (Å²) >= 11 is 0. The lowest BCUT2D eigenvalue weighted by Gasteiger charge is -2.30. The standard InChI is InChI=1S/C18H26N4O.ClH/c1-4-18(5-2,13-19)17(23)21-14(3)15-7-9-16(10-8-15)22-12-6-11-20-22;/h6-12,14H,4-5,13,19H2,1-3H3,(H,21,23);1H. The highest BCUT2D eigenvalue weighted by molar-refractivity contribution is 5.85. The minimum atomic E-state index is -0.469. The van der Waals surface area contributed by atoms with E-state index < -0.39 is 5.41 Å². The number of carbonyl (C=O) groups excluding carboxylic acids is 1. The summed E-state index contributed by atoms with van der Waals surface area (Å²) in [6, 6.07) is 9.87. The van der Waals surface area contributed by atoms with Gasteiger partial charge in [-0.05, 0) is 43.5 Å². The Kier molecular flexibility index (Phi) is 7.45. The first-order chi connectivity index (χ1) is 11.1. The second-order valence-corrected chi connectivity index (χ2v) is 5.93. The minimum Gasteiger partial charge on any atom is -0.349 e. The van der Waals surface area contributed by atoms with Gasteiger partial charge < -0.3 is 11.1 Å². The van der Waals surface area contributed by atoms with Crippen LogP contribution in [0.15, 0.2) is 42.7 Å². The predicted molar refractivity (Wildman–Crippen MR) is 99.4 cm³/mol. The van der Waals surface area contributed by atoms with Crippen LogP contribution < -0.4 is 11.1 Å². The molecule has 24 heavy (non-hydrogen) atoms. The van der Waals surface area contributed by atoms with Crippen molar-refractivity contribution >= 4 is 18.3 Å². The molecular weight excluding hydrogens is 324 g/mol. The highest BCUT2D eigenvalue weighted by Crippen LogP contribution is 2.26. The van der Waals surface area contributed by atoms with Gasteiger partial charge in [-0.3, -0.25) is 4.79 Å². The lowest BCUT2D eigenvalue weighted by molar-refractivity contribution is -0.131. The van der Waals surface area contributed by atoms with Crippen molar-refractivity contribution in [3.05, 3.63) is 48.3 Å². The normalized spacial score (nSPS) is 12.3. The zero-order valence-corrected chi connectivity index (χ0v) is 15.3. The number of amides is 1. The van der Waals surface area contributed by atoms with Crippen LogP contribution in [0.1, 0.15) is 45.2 Å². The lowest BCUT2D eigenvalue weighted by Crippen LogP contribution is -2.46. The monoisotopic (exact) mass is 350 g/mol. The Balaban J connectivity index is 0.00000288. The molecule has 5 nitrogen and oxygen atoms in total. The van der Waals surface area contributed by atoms with Crippen LogP contribution in [-0.4, -0.2) is 22.2 Å². The van der Waals surface area contributed by atoms with E-state index in [2.05, 4.69) is 10.4 Å². The van der Waals surface area contributed by atoms with Crippen LogP contribution in [0, 0.1) is 5.41 Å². The van der Waals surface area contributed by atoms with Crippen LogP contribution in [0.5, 0.6) is 0 Å². The maximum absolute atomic E-state index is 12.6. The van der Waals surface area contributed by atoms with E-state index >= 15 is 0 Å². The Labute approximate surface area is 150 Å². The number of nitrogens with two attached hydrogens (primary N) is 1. The van der Waals surface area contributed by atoms with Crippen LogP contribution >= 0.6 is 12.4 Å². The van der Waals surface area contributed by atoms with Gasteiger partial charge in [0.15, 0.2) is 0 Å². The van der Waals surface area contributed by atoms with Gasteiger partial charge in [0.25, 0.3) is 0 Å². The summed E-state index contributed by atoms with van der Waals surface area (Å²) in [4.78, 5) is 12.6. The smallest absolute Gasteiger partial charge is 0.227 e. The van der Waals surface area contributed by atoms with Crippen molar-refractivity contribution in [3.63, 3.8) is 0 Å². The first-order valence-corrected chi connectivity index (χ1v) is 8.17. The fraction of sp³-hybridized carbons (Fsp3) is 0.444. The Morgan fingerprint density at radius 1 is 1.29 bits per heavy atom. The molecular formula is C18H27ClN4O. The molecule has 0 aliphatic carbocycles. The van der Waals surface area contributed by atoms with Crippen LogP contribution in [0.2, 0.25) is 0 Å². The maximum atomic E-state index is 12.6. The van der Waals surface area contributed by atoms with Gasteiger partial charge in [0.1, 0.15) is 0 Å². The minimum absolute atomic E-state index is 0. The second-order valence-electron chi connectivity index (χ2n) is 5.93. The van der Waals surface area contributed by atoms with Gasteiger partial charge in [-0.1, -0.05) is 26.0 Å². The Hall–Kier alpha value is -1.85. The third-order valence-electron chi connectivity index (χ3n) is 4.74. The number of rotatable bonds is 7. The first kappa shape index (κ1) is 20.2. The third-order valence-corrected chi connectivity index (χ3v) is 4.74. The van der Waals surface area contributed by atoms with Crippen LogP contribution in [0.3, 0.4) is 0 Å². The molecule has 1 atom stereocenters. The zero-order valence-electron chi connectivity index (χ0n) is 14.5. The van der Waals surface area contributed by atoms with Crippen molar-refractivity contribution in [2.24, 2.45) is 11.1 Å². The number of nitrogens with one attached hydrogen (secondary N) is 1. The first-order valence-electron chi connectivity index (χ1n) is 8.17. The molecule has 0 fully saturated rings. The summed E-state index contributed by atoms with van der Waals surface area (Å²) in [5.41, 5.74) is 7.44. The van der Waals surface area contributed by atoms with Gasteiger partial charge in [-0.25, -0.2) is 4.68 Å². The molecule has 1 heterocycles. The number of carbonyl (C=O) groups is 1. The van der Waals surface area contributed by atoms with E-state index in [1.807, 2.05) is 57.3 Å². The molecule has 0 saturated carbocycles. The molecule has 0 spiro atoms. The van der Waals surface area contributed by atoms with Crippen LogP contribution in [-0.2, 0) is 4.79 Å².